The minimum Gasteiger partial charge on any atom is -0.464 e. The molecule has 0 saturated carbocycles. The maximum atomic E-state index is 14.0. The fourth-order valence-corrected chi connectivity index (χ4v) is 5.63. The van der Waals surface area contributed by atoms with Crippen LogP contribution in [0.15, 0.2) is 78.3 Å². The minimum atomic E-state index is -3.84. The lowest BCUT2D eigenvalue weighted by atomic mass is 10.0. The molecule has 0 radical (unpaired) electrons. The van der Waals surface area contributed by atoms with Gasteiger partial charge in [-0.2, -0.15) is 0 Å². The second-order valence-corrected chi connectivity index (χ2v) is 10.1. The molecule has 2 rings (SSSR count). The van der Waals surface area contributed by atoms with E-state index in [9.17, 15) is 9.36 Å². The molecule has 0 aliphatic heterocycles. The molecule has 2 aromatic rings. The van der Waals surface area contributed by atoms with Crippen LogP contribution < -0.4 is 0 Å². The van der Waals surface area contributed by atoms with E-state index < -0.39 is 37.5 Å². The third kappa shape index (κ3) is 7.50. The van der Waals surface area contributed by atoms with Gasteiger partial charge in [-0.25, -0.2) is 4.79 Å². The van der Waals surface area contributed by atoms with Crippen LogP contribution >= 0.6 is 7.60 Å². The maximum Gasteiger partial charge on any atom is 0.340 e. The van der Waals surface area contributed by atoms with E-state index in [4.69, 9.17) is 18.8 Å². The summed E-state index contributed by atoms with van der Waals surface area (Å²) in [7, 11) is -3.84. The first-order chi connectivity index (χ1) is 15.7. The fourth-order valence-electron chi connectivity index (χ4n) is 3.33. The molecule has 0 amide bonds. The first kappa shape index (κ1) is 26.7. The number of hydrogen-bond donors (Lipinski definition) is 0. The van der Waals surface area contributed by atoms with Gasteiger partial charge in [-0.05, 0) is 34.6 Å². The first-order valence-corrected chi connectivity index (χ1v) is 12.8. The number of hydrogen-bond acceptors (Lipinski definition) is 6. The molecule has 0 fully saturated rings. The molecule has 0 bridgehead atoms. The fraction of sp³-hybridized carbons (Fsp3) is 0.385. The van der Waals surface area contributed by atoms with Crippen LogP contribution in [0.25, 0.3) is 0 Å². The number of aliphatic imine (C=N–C) groups is 1. The van der Waals surface area contributed by atoms with Gasteiger partial charge in [-0.15, -0.1) is 6.58 Å². The van der Waals surface area contributed by atoms with Crippen molar-refractivity contribution in [2.45, 2.75) is 58.5 Å². The molecule has 2 aromatic carbocycles. The van der Waals surface area contributed by atoms with Crippen LogP contribution in [0.3, 0.4) is 0 Å². The van der Waals surface area contributed by atoms with E-state index in [2.05, 4.69) is 6.58 Å². The summed E-state index contributed by atoms with van der Waals surface area (Å²) in [5.74, 6) is -0.619. The van der Waals surface area contributed by atoms with Gasteiger partial charge in [0.25, 0.3) is 0 Å². The molecule has 6 nitrogen and oxygen atoms in total. The highest BCUT2D eigenvalue weighted by atomic mass is 31.2. The smallest absolute Gasteiger partial charge is 0.340 e. The summed E-state index contributed by atoms with van der Waals surface area (Å²) in [4.78, 5) is 18.0. The Balaban J connectivity index is 2.72. The van der Waals surface area contributed by atoms with Gasteiger partial charge in [0.15, 0.2) is 6.04 Å². The van der Waals surface area contributed by atoms with Gasteiger partial charge in [0.05, 0.1) is 24.5 Å². The molecule has 178 valence electrons. The van der Waals surface area contributed by atoms with Gasteiger partial charge >= 0.3 is 13.6 Å². The highest BCUT2D eigenvalue weighted by molar-refractivity contribution is 7.55. The van der Waals surface area contributed by atoms with Crippen molar-refractivity contribution < 1.29 is 23.1 Å². The Morgan fingerprint density at radius 2 is 1.39 bits per heavy atom. The van der Waals surface area contributed by atoms with Crippen molar-refractivity contribution in [2.75, 3.05) is 6.61 Å². The number of carbonyl (C=O) groups is 1. The summed E-state index contributed by atoms with van der Waals surface area (Å²) in [6.07, 6.45) is 0.627. The molecular weight excluding hydrogens is 437 g/mol. The molecule has 7 heteroatoms. The van der Waals surface area contributed by atoms with E-state index in [1.54, 1.807) is 34.6 Å². The molecule has 0 spiro atoms. The third-order valence-electron chi connectivity index (χ3n) is 4.54. The second kappa shape index (κ2) is 12.6. The molecule has 0 unspecified atom stereocenters. The number of carbonyl (C=O) groups excluding carboxylic acids is 1. The zero-order chi connectivity index (χ0) is 24.4. The molecular formula is C26H34NO5P. The van der Waals surface area contributed by atoms with Gasteiger partial charge in [0.1, 0.15) is 5.66 Å². The predicted molar refractivity (Wildman–Crippen MR) is 133 cm³/mol. The Kier molecular flexibility index (Phi) is 10.2. The van der Waals surface area contributed by atoms with Crippen molar-refractivity contribution in [3.05, 3.63) is 84.4 Å². The van der Waals surface area contributed by atoms with Crippen molar-refractivity contribution >= 4 is 19.3 Å². The number of nitrogens with zero attached hydrogens (tertiary/aromatic N) is 1. The van der Waals surface area contributed by atoms with Gasteiger partial charge < -0.3 is 13.8 Å². The van der Waals surface area contributed by atoms with E-state index in [0.29, 0.717) is 5.71 Å². The summed E-state index contributed by atoms with van der Waals surface area (Å²) in [5, 5.41) is 0. The van der Waals surface area contributed by atoms with Gasteiger partial charge in [0, 0.05) is 11.1 Å². The van der Waals surface area contributed by atoms with Crippen LogP contribution in [0.5, 0.6) is 0 Å². The normalized spacial score (nSPS) is 13.4. The molecule has 0 aliphatic rings. The number of ether oxygens (including phenoxy) is 1. The van der Waals surface area contributed by atoms with Crippen molar-refractivity contribution in [3.63, 3.8) is 0 Å². The summed E-state index contributed by atoms with van der Waals surface area (Å²) in [6, 6.07) is 17.8. The lowest BCUT2D eigenvalue weighted by molar-refractivity contribution is -0.144. The van der Waals surface area contributed by atoms with Crippen molar-refractivity contribution in [3.8, 4) is 0 Å². The van der Waals surface area contributed by atoms with E-state index in [0.717, 1.165) is 11.1 Å². The van der Waals surface area contributed by atoms with Crippen LogP contribution in [0.2, 0.25) is 0 Å². The quantitative estimate of drug-likeness (QED) is 0.163. The van der Waals surface area contributed by atoms with Gasteiger partial charge in [0.2, 0.25) is 0 Å². The summed E-state index contributed by atoms with van der Waals surface area (Å²) in [5.41, 5.74) is 1.15. The highest BCUT2D eigenvalue weighted by Gasteiger charge is 2.45. The lowest BCUT2D eigenvalue weighted by Gasteiger charge is -2.31. The Hall–Kier alpha value is -2.53. The highest BCUT2D eigenvalue weighted by Crippen LogP contribution is 2.57. The van der Waals surface area contributed by atoms with Crippen LogP contribution in [-0.4, -0.2) is 42.2 Å². The van der Waals surface area contributed by atoms with E-state index in [1.807, 2.05) is 60.7 Å². The summed E-state index contributed by atoms with van der Waals surface area (Å²) >= 11 is 0. The third-order valence-corrected chi connectivity index (χ3v) is 7.19. The molecule has 0 saturated heterocycles. The standard InChI is InChI=1S/C26H34NO5P/c1-7-23(33(29,31-19(3)4)32-20(5)6)25(26(28)30-8-2)27-24(21-15-11-9-12-16-21)22-17-13-10-14-18-22/h7,9-20,23,25H,1,8H2,2-6H3/t23-,25-/m1/s1. The average molecular weight is 472 g/mol. The Bertz CT molecular complexity index is 917. The molecule has 0 N–H and O–H groups in total. The van der Waals surface area contributed by atoms with E-state index in [1.165, 1.54) is 6.08 Å². The Labute approximate surface area is 197 Å². The SMILES string of the molecule is C=C[C@H]([C@@H](N=C(c1ccccc1)c1ccccc1)C(=O)OCC)P(=O)(OC(C)C)OC(C)C. The molecule has 0 heterocycles. The minimum absolute atomic E-state index is 0.154. The zero-order valence-electron chi connectivity index (χ0n) is 20.0. The van der Waals surface area contributed by atoms with E-state index in [-0.39, 0.29) is 6.61 Å². The molecule has 0 aliphatic carbocycles. The zero-order valence-corrected chi connectivity index (χ0v) is 20.9. The van der Waals surface area contributed by atoms with Crippen LogP contribution in [-0.2, 0) is 23.1 Å². The van der Waals surface area contributed by atoms with Crippen LogP contribution in [0.1, 0.15) is 45.7 Å². The number of benzene rings is 2. The first-order valence-electron chi connectivity index (χ1n) is 11.2. The predicted octanol–water partition coefficient (Wildman–Crippen LogP) is 6.05. The van der Waals surface area contributed by atoms with Crippen molar-refractivity contribution in [1.29, 1.82) is 0 Å². The number of rotatable bonds is 12. The topological polar surface area (TPSA) is 74.2 Å². The maximum absolute atomic E-state index is 14.0. The lowest BCUT2D eigenvalue weighted by Crippen LogP contribution is -2.36. The monoisotopic (exact) mass is 471 g/mol. The van der Waals surface area contributed by atoms with Crippen molar-refractivity contribution in [1.82, 2.24) is 0 Å². The Morgan fingerprint density at radius 3 is 1.76 bits per heavy atom. The van der Waals surface area contributed by atoms with Crippen molar-refractivity contribution in [2.24, 2.45) is 4.99 Å². The Morgan fingerprint density at radius 1 is 0.939 bits per heavy atom. The van der Waals surface area contributed by atoms with Gasteiger partial charge in [-0.3, -0.25) is 9.56 Å². The summed E-state index contributed by atoms with van der Waals surface area (Å²) in [6.45, 7) is 12.8. The van der Waals surface area contributed by atoms with Crippen LogP contribution in [0.4, 0.5) is 0 Å². The van der Waals surface area contributed by atoms with Crippen LogP contribution in [0, 0.1) is 0 Å². The number of esters is 1. The molecule has 33 heavy (non-hydrogen) atoms. The summed E-state index contributed by atoms with van der Waals surface area (Å²) < 4.78 is 30.9. The van der Waals surface area contributed by atoms with Gasteiger partial charge in [-0.1, -0.05) is 66.7 Å². The average Bonchev–Trinajstić information content (AvgIpc) is 2.76. The molecule has 0 aromatic heterocycles. The molecule has 2 atom stereocenters. The largest absolute Gasteiger partial charge is 0.464 e. The van der Waals surface area contributed by atoms with E-state index >= 15 is 0 Å². The second-order valence-electron chi connectivity index (χ2n) is 7.98.